The molecule has 1 aliphatic heterocycles. The van der Waals surface area contributed by atoms with Gasteiger partial charge in [0.1, 0.15) is 5.65 Å². The van der Waals surface area contributed by atoms with Crippen LogP contribution in [0.5, 0.6) is 0 Å². The van der Waals surface area contributed by atoms with Gasteiger partial charge in [-0.1, -0.05) is 12.8 Å². The molecule has 7 heteroatoms. The van der Waals surface area contributed by atoms with Crippen molar-refractivity contribution in [2.75, 3.05) is 26.3 Å². The number of morpholine rings is 1. The van der Waals surface area contributed by atoms with Gasteiger partial charge in [0.05, 0.1) is 18.9 Å². The first-order valence-corrected chi connectivity index (χ1v) is 11.0. The van der Waals surface area contributed by atoms with Crippen LogP contribution in [0.3, 0.4) is 0 Å². The molecule has 0 N–H and O–H groups in total. The van der Waals surface area contributed by atoms with Crippen molar-refractivity contribution in [1.82, 2.24) is 23.6 Å². The molecule has 5 rings (SSSR count). The standard InChI is InChI=1S/C22H29N5OS/c1-15-20(13-25(2)24-15)21-14-27(29)22-19(21)11-17(12-23-22)16-3-5-18(6-4-16)26-7-9-28-10-8-26/h11-14,16,18,29H,3-10H2,1-2H3/t16-,18-. The van der Waals surface area contributed by atoms with Crippen LogP contribution in [0, 0.1) is 6.92 Å². The van der Waals surface area contributed by atoms with Gasteiger partial charge in [0, 0.05) is 61.3 Å². The highest BCUT2D eigenvalue weighted by atomic mass is 32.1. The molecule has 1 aliphatic carbocycles. The van der Waals surface area contributed by atoms with Crippen LogP contribution in [-0.2, 0) is 11.8 Å². The van der Waals surface area contributed by atoms with E-state index in [0.717, 1.165) is 54.8 Å². The van der Waals surface area contributed by atoms with Crippen molar-refractivity contribution >= 4 is 23.8 Å². The van der Waals surface area contributed by atoms with Crippen LogP contribution in [-0.4, -0.2) is 56.0 Å². The predicted molar refractivity (Wildman–Crippen MR) is 118 cm³/mol. The molecule has 0 aromatic carbocycles. The van der Waals surface area contributed by atoms with E-state index in [1.54, 1.807) is 0 Å². The molecule has 6 nitrogen and oxygen atoms in total. The first kappa shape index (κ1) is 19.2. The van der Waals surface area contributed by atoms with Gasteiger partial charge in [-0.05, 0) is 50.2 Å². The smallest absolute Gasteiger partial charge is 0.150 e. The number of pyridine rings is 1. The molecule has 3 aromatic heterocycles. The second kappa shape index (κ2) is 7.78. The zero-order valence-electron chi connectivity index (χ0n) is 17.2. The lowest BCUT2D eigenvalue weighted by Gasteiger charge is -2.38. The zero-order valence-corrected chi connectivity index (χ0v) is 18.1. The molecule has 0 spiro atoms. The highest BCUT2D eigenvalue weighted by Gasteiger charge is 2.28. The number of aromatic nitrogens is 4. The minimum absolute atomic E-state index is 0.593. The number of thiol groups is 1. The average molecular weight is 412 g/mol. The van der Waals surface area contributed by atoms with Gasteiger partial charge in [-0.2, -0.15) is 5.10 Å². The number of hydrogen-bond acceptors (Lipinski definition) is 5. The first-order valence-electron chi connectivity index (χ1n) is 10.6. The van der Waals surface area contributed by atoms with Crippen LogP contribution < -0.4 is 0 Å². The maximum absolute atomic E-state index is 5.52. The number of nitrogens with zero attached hydrogens (tertiary/aromatic N) is 5. The molecule has 4 heterocycles. The van der Waals surface area contributed by atoms with Gasteiger partial charge in [0.25, 0.3) is 0 Å². The van der Waals surface area contributed by atoms with Crippen LogP contribution in [0.25, 0.3) is 22.2 Å². The van der Waals surface area contributed by atoms with Crippen molar-refractivity contribution in [3.63, 3.8) is 0 Å². The molecule has 0 amide bonds. The maximum Gasteiger partial charge on any atom is 0.150 e. The van der Waals surface area contributed by atoms with E-state index >= 15 is 0 Å². The summed E-state index contributed by atoms with van der Waals surface area (Å²) in [5.41, 5.74) is 5.62. The van der Waals surface area contributed by atoms with Gasteiger partial charge in [-0.25, -0.2) is 4.98 Å². The summed E-state index contributed by atoms with van der Waals surface area (Å²) < 4.78 is 9.22. The third kappa shape index (κ3) is 3.60. The lowest BCUT2D eigenvalue weighted by atomic mass is 9.81. The number of aryl methyl sites for hydroxylation is 2. The Labute approximate surface area is 177 Å². The molecule has 0 bridgehead atoms. The Morgan fingerprint density at radius 3 is 2.52 bits per heavy atom. The van der Waals surface area contributed by atoms with E-state index in [9.17, 15) is 0 Å². The Bertz CT molecular complexity index is 1010. The summed E-state index contributed by atoms with van der Waals surface area (Å²) in [4.78, 5) is 7.41. The van der Waals surface area contributed by atoms with E-state index in [1.165, 1.54) is 36.6 Å². The summed E-state index contributed by atoms with van der Waals surface area (Å²) in [6.45, 7) is 6.01. The van der Waals surface area contributed by atoms with Crippen molar-refractivity contribution in [3.8, 4) is 11.1 Å². The molecule has 0 radical (unpaired) electrons. The van der Waals surface area contributed by atoms with E-state index < -0.39 is 0 Å². The topological polar surface area (TPSA) is 48.1 Å². The van der Waals surface area contributed by atoms with E-state index in [2.05, 4.69) is 54.4 Å². The highest BCUT2D eigenvalue weighted by molar-refractivity contribution is 7.78. The fourth-order valence-corrected chi connectivity index (χ4v) is 5.40. The number of hydrogen-bond donors (Lipinski definition) is 1. The van der Waals surface area contributed by atoms with Gasteiger partial charge >= 0.3 is 0 Å². The van der Waals surface area contributed by atoms with E-state index in [-0.39, 0.29) is 0 Å². The molecule has 2 fully saturated rings. The highest BCUT2D eigenvalue weighted by Crippen LogP contribution is 2.38. The Morgan fingerprint density at radius 1 is 1.07 bits per heavy atom. The van der Waals surface area contributed by atoms with Gasteiger partial charge < -0.3 is 4.74 Å². The maximum atomic E-state index is 5.52. The minimum atomic E-state index is 0.593. The van der Waals surface area contributed by atoms with Gasteiger partial charge in [-0.15, -0.1) is 0 Å². The van der Waals surface area contributed by atoms with Crippen molar-refractivity contribution in [2.45, 2.75) is 44.6 Å². The quantitative estimate of drug-likeness (QED) is 0.666. The summed E-state index contributed by atoms with van der Waals surface area (Å²) in [5, 5.41) is 5.69. The summed E-state index contributed by atoms with van der Waals surface area (Å²) in [6, 6.07) is 3.07. The zero-order chi connectivity index (χ0) is 20.0. The summed E-state index contributed by atoms with van der Waals surface area (Å²) in [7, 11) is 1.97. The van der Waals surface area contributed by atoms with E-state index in [4.69, 9.17) is 9.72 Å². The molecule has 1 saturated heterocycles. The molecule has 1 saturated carbocycles. The van der Waals surface area contributed by atoms with E-state index in [0.29, 0.717) is 5.92 Å². The van der Waals surface area contributed by atoms with Crippen molar-refractivity contribution in [1.29, 1.82) is 0 Å². The average Bonchev–Trinajstić information content (AvgIpc) is 3.26. The summed E-state index contributed by atoms with van der Waals surface area (Å²) >= 11 is 4.61. The van der Waals surface area contributed by atoms with Crippen LogP contribution in [0.2, 0.25) is 0 Å². The second-order valence-electron chi connectivity index (χ2n) is 8.48. The molecule has 29 heavy (non-hydrogen) atoms. The Morgan fingerprint density at radius 2 is 1.83 bits per heavy atom. The van der Waals surface area contributed by atoms with Crippen molar-refractivity contribution < 1.29 is 4.74 Å². The van der Waals surface area contributed by atoms with Gasteiger partial charge in [0.2, 0.25) is 0 Å². The molecule has 154 valence electrons. The van der Waals surface area contributed by atoms with Crippen LogP contribution in [0.4, 0.5) is 0 Å². The molecule has 0 atom stereocenters. The predicted octanol–water partition coefficient (Wildman–Crippen LogP) is 3.80. The number of ether oxygens (including phenoxy) is 1. The fraction of sp³-hybridized carbons (Fsp3) is 0.545. The van der Waals surface area contributed by atoms with E-state index in [1.807, 2.05) is 15.7 Å². The van der Waals surface area contributed by atoms with Gasteiger partial charge in [-0.3, -0.25) is 13.6 Å². The van der Waals surface area contributed by atoms with Crippen molar-refractivity contribution in [3.05, 3.63) is 35.9 Å². The Balaban J connectivity index is 1.40. The Hall–Kier alpha value is -1.83. The summed E-state index contributed by atoms with van der Waals surface area (Å²) in [5.74, 6) is 0.593. The Kier molecular flexibility index (Phi) is 5.14. The monoisotopic (exact) mass is 411 g/mol. The molecular formula is C22H29N5OS. The third-order valence-corrected chi connectivity index (χ3v) is 6.99. The normalized spacial score (nSPS) is 23.7. The second-order valence-corrected chi connectivity index (χ2v) is 8.91. The van der Waals surface area contributed by atoms with Crippen molar-refractivity contribution in [2.24, 2.45) is 7.05 Å². The lowest BCUT2D eigenvalue weighted by Crippen LogP contribution is -2.44. The fourth-order valence-electron chi connectivity index (χ4n) is 5.13. The molecule has 3 aromatic rings. The largest absolute Gasteiger partial charge is 0.379 e. The molecule has 2 aliphatic rings. The SMILES string of the molecule is Cc1nn(C)cc1-c1cn(S)c2ncc([C@H]3CC[C@H](N4CCOCC4)CC3)cc12. The first-order chi connectivity index (χ1) is 14.1. The molecule has 0 unspecified atom stereocenters. The third-order valence-electron chi connectivity index (χ3n) is 6.68. The van der Waals surface area contributed by atoms with Crippen LogP contribution in [0.15, 0.2) is 24.7 Å². The van der Waals surface area contributed by atoms with Gasteiger partial charge in [0.15, 0.2) is 0 Å². The number of fused-ring (bicyclic) bond motifs is 1. The lowest BCUT2D eigenvalue weighted by molar-refractivity contribution is 0.00729. The molecular weight excluding hydrogens is 382 g/mol. The minimum Gasteiger partial charge on any atom is -0.379 e. The number of rotatable bonds is 3. The van der Waals surface area contributed by atoms with Crippen LogP contribution >= 0.6 is 12.8 Å². The van der Waals surface area contributed by atoms with Crippen LogP contribution in [0.1, 0.15) is 42.9 Å². The summed E-state index contributed by atoms with van der Waals surface area (Å²) in [6.07, 6.45) is 11.2.